The van der Waals surface area contributed by atoms with Crippen molar-refractivity contribution in [2.75, 3.05) is 6.26 Å². The van der Waals surface area contributed by atoms with Crippen LogP contribution in [0, 0.1) is 5.92 Å². The predicted octanol–water partition coefficient (Wildman–Crippen LogP) is 3.73. The van der Waals surface area contributed by atoms with E-state index in [1.165, 1.54) is 9.79 Å². The molecule has 4 nitrogen and oxygen atoms in total. The Hall–Kier alpha value is -1.86. The fourth-order valence-electron chi connectivity index (χ4n) is 2.93. The molecule has 144 valence electrons. The van der Waals surface area contributed by atoms with Crippen LogP contribution in [0.25, 0.3) is 0 Å². The topological polar surface area (TPSA) is 77.4 Å². The van der Waals surface area contributed by atoms with Gasteiger partial charge in [-0.3, -0.25) is 0 Å². The predicted molar refractivity (Wildman–Crippen MR) is 109 cm³/mol. The maximum atomic E-state index is 11.7. The first-order chi connectivity index (χ1) is 12.6. The maximum absolute atomic E-state index is 11.7. The molecule has 1 N–H and O–H groups in total. The Morgan fingerprint density at radius 2 is 1.41 bits per heavy atom. The van der Waals surface area contributed by atoms with Gasteiger partial charge in [0.15, 0.2) is 9.79 Å². The molecule has 0 amide bonds. The zero-order valence-electron chi connectivity index (χ0n) is 15.6. The molecule has 27 heavy (non-hydrogen) atoms. The summed E-state index contributed by atoms with van der Waals surface area (Å²) in [7, 11) is -4.34. The molecular weight excluding hydrogens is 380 g/mol. The molecule has 1 aliphatic rings. The summed E-state index contributed by atoms with van der Waals surface area (Å²) >= 11 is 0. The second kappa shape index (κ2) is 8.89. The first-order valence-corrected chi connectivity index (χ1v) is 11.5. The lowest BCUT2D eigenvalue weighted by Crippen LogP contribution is -2.46. The molecule has 3 rings (SSSR count). The molecule has 1 aliphatic carbocycles. The number of hydrogen-bond acceptors (Lipinski definition) is 4. The first-order valence-electron chi connectivity index (χ1n) is 8.47. The van der Waals surface area contributed by atoms with E-state index in [0.29, 0.717) is 6.26 Å². The van der Waals surface area contributed by atoms with Crippen LogP contribution in [0.15, 0.2) is 94.3 Å². The van der Waals surface area contributed by atoms with E-state index in [9.17, 15) is 5.11 Å². The average molecular weight is 405 g/mol. The standard InChI is InChI=1S/C20H21OS.CH4O3S/c1-16-10-9-11-17(2)20(16,21)22(18-12-5-3-6-13-18)19-14-7-4-8-15-19;1-5(2,3)4/h3-16,21H,1-2H3;1H3,(H,2,3,4)/q+1;/p-1. The Morgan fingerprint density at radius 1 is 1.00 bits per heavy atom. The van der Waals surface area contributed by atoms with E-state index in [2.05, 4.69) is 37.3 Å². The van der Waals surface area contributed by atoms with Gasteiger partial charge in [-0.1, -0.05) is 61.5 Å². The first kappa shape index (κ1) is 21.4. The lowest BCUT2D eigenvalue weighted by Gasteiger charge is -2.34. The maximum Gasteiger partial charge on any atom is 0.264 e. The normalized spacial score (nSPS) is 22.0. The minimum absolute atomic E-state index is 0.0706. The van der Waals surface area contributed by atoms with Gasteiger partial charge in [0.1, 0.15) is 10.9 Å². The lowest BCUT2D eigenvalue weighted by molar-refractivity contribution is 0.131. The number of benzene rings is 2. The van der Waals surface area contributed by atoms with Crippen molar-refractivity contribution in [3.05, 3.63) is 84.5 Å². The highest BCUT2D eigenvalue weighted by atomic mass is 32.2. The SMILES string of the molecule is CC1=CC=CC(C)C1(O)[S+](c1ccccc1)c1ccccc1.CS(=O)(=O)[O-]. The van der Waals surface area contributed by atoms with E-state index < -0.39 is 25.9 Å². The van der Waals surface area contributed by atoms with Gasteiger partial charge in [0.05, 0.1) is 16.0 Å². The molecule has 0 fully saturated rings. The number of rotatable bonds is 3. The van der Waals surface area contributed by atoms with Gasteiger partial charge < -0.3 is 9.66 Å². The van der Waals surface area contributed by atoms with Crippen LogP contribution in [0.1, 0.15) is 13.8 Å². The van der Waals surface area contributed by atoms with E-state index in [0.717, 1.165) is 5.57 Å². The minimum atomic E-state index is -3.92. The molecule has 6 heteroatoms. The number of allylic oxidation sites excluding steroid dienone is 2. The highest BCUT2D eigenvalue weighted by Gasteiger charge is 2.54. The van der Waals surface area contributed by atoms with Crippen molar-refractivity contribution < 1.29 is 18.1 Å². The van der Waals surface area contributed by atoms with Crippen LogP contribution in [-0.4, -0.2) is 29.3 Å². The van der Waals surface area contributed by atoms with Crippen LogP contribution in [-0.2, 0) is 21.0 Å². The molecule has 0 heterocycles. The summed E-state index contributed by atoms with van der Waals surface area (Å²) in [6.45, 7) is 4.13. The van der Waals surface area contributed by atoms with Crippen molar-refractivity contribution in [2.45, 2.75) is 28.6 Å². The van der Waals surface area contributed by atoms with Crippen LogP contribution in [0.5, 0.6) is 0 Å². The van der Waals surface area contributed by atoms with E-state index in [-0.39, 0.29) is 5.92 Å². The molecule has 2 atom stereocenters. The zero-order chi connectivity index (χ0) is 20.1. The second-order valence-electron chi connectivity index (χ2n) is 6.36. The van der Waals surface area contributed by atoms with Crippen molar-refractivity contribution in [1.82, 2.24) is 0 Å². The zero-order valence-corrected chi connectivity index (χ0v) is 17.2. The van der Waals surface area contributed by atoms with Crippen molar-refractivity contribution in [3.8, 4) is 0 Å². The Balaban J connectivity index is 0.000000465. The van der Waals surface area contributed by atoms with Gasteiger partial charge in [-0.05, 0) is 31.2 Å². The van der Waals surface area contributed by atoms with Crippen molar-refractivity contribution in [1.29, 1.82) is 0 Å². The molecular formula is C21H24O4S2. The van der Waals surface area contributed by atoms with E-state index in [1.807, 2.05) is 55.5 Å². The molecule has 2 aromatic carbocycles. The molecule has 0 spiro atoms. The minimum Gasteiger partial charge on any atom is -0.748 e. The summed E-state index contributed by atoms with van der Waals surface area (Å²) in [5, 5.41) is 11.7. The van der Waals surface area contributed by atoms with E-state index >= 15 is 0 Å². The van der Waals surface area contributed by atoms with E-state index in [1.54, 1.807) is 0 Å². The Bertz CT molecular complexity index is 858. The average Bonchev–Trinajstić information content (AvgIpc) is 2.61. The number of hydrogen-bond donors (Lipinski definition) is 1. The molecule has 2 aromatic rings. The fourth-order valence-corrected chi connectivity index (χ4v) is 5.62. The largest absolute Gasteiger partial charge is 0.748 e. The smallest absolute Gasteiger partial charge is 0.264 e. The van der Waals surface area contributed by atoms with Crippen LogP contribution in [0.4, 0.5) is 0 Å². The molecule has 2 unspecified atom stereocenters. The van der Waals surface area contributed by atoms with Gasteiger partial charge in [-0.2, -0.15) is 0 Å². The summed E-state index contributed by atoms with van der Waals surface area (Å²) in [5.41, 5.74) is 1.03. The molecule has 0 aliphatic heterocycles. The van der Waals surface area contributed by atoms with E-state index in [4.69, 9.17) is 13.0 Å². The Labute approximate surface area is 164 Å². The van der Waals surface area contributed by atoms with Crippen LogP contribution < -0.4 is 0 Å². The Kier molecular flexibility index (Phi) is 7.06. The van der Waals surface area contributed by atoms with Gasteiger partial charge in [-0.15, -0.1) is 0 Å². The van der Waals surface area contributed by atoms with Gasteiger partial charge in [0.25, 0.3) is 4.93 Å². The summed E-state index contributed by atoms with van der Waals surface area (Å²) in [4.78, 5) is 1.47. The van der Waals surface area contributed by atoms with Crippen molar-refractivity contribution in [2.24, 2.45) is 5.92 Å². The molecule has 0 saturated carbocycles. The summed E-state index contributed by atoms with van der Waals surface area (Å²) in [5.74, 6) is 0.0706. The van der Waals surface area contributed by atoms with Gasteiger partial charge >= 0.3 is 0 Å². The monoisotopic (exact) mass is 404 g/mol. The molecule has 0 bridgehead atoms. The lowest BCUT2D eigenvalue weighted by atomic mass is 9.93. The summed E-state index contributed by atoms with van der Waals surface area (Å²) < 4.78 is 27.2. The highest BCUT2D eigenvalue weighted by Crippen LogP contribution is 2.44. The fraction of sp³-hybridized carbons (Fsp3) is 0.238. The summed E-state index contributed by atoms with van der Waals surface area (Å²) in [6, 6.07) is 20.7. The van der Waals surface area contributed by atoms with Crippen molar-refractivity contribution >= 4 is 21.0 Å². The Morgan fingerprint density at radius 3 is 1.78 bits per heavy atom. The molecule has 0 aromatic heterocycles. The second-order valence-corrected chi connectivity index (χ2v) is 9.94. The molecule has 0 saturated heterocycles. The quantitative estimate of drug-likeness (QED) is 0.625. The van der Waals surface area contributed by atoms with Gasteiger partial charge in [-0.25, -0.2) is 8.42 Å². The van der Waals surface area contributed by atoms with Crippen LogP contribution in [0.3, 0.4) is 0 Å². The third kappa shape index (κ3) is 5.56. The van der Waals surface area contributed by atoms with Gasteiger partial charge in [0, 0.05) is 11.8 Å². The third-order valence-electron chi connectivity index (χ3n) is 4.20. The van der Waals surface area contributed by atoms with Crippen LogP contribution in [0.2, 0.25) is 0 Å². The van der Waals surface area contributed by atoms with Crippen LogP contribution >= 0.6 is 0 Å². The number of aliphatic hydroxyl groups is 1. The summed E-state index contributed by atoms with van der Waals surface area (Å²) in [6.07, 6.45) is 6.78. The van der Waals surface area contributed by atoms with Gasteiger partial charge in [0.2, 0.25) is 0 Å². The highest BCUT2D eigenvalue weighted by molar-refractivity contribution is 7.98. The van der Waals surface area contributed by atoms with Crippen molar-refractivity contribution in [3.63, 3.8) is 0 Å². The molecule has 0 radical (unpaired) electrons. The third-order valence-corrected chi connectivity index (χ3v) is 7.00.